The van der Waals surface area contributed by atoms with Gasteiger partial charge < -0.3 is 20.3 Å². The summed E-state index contributed by atoms with van der Waals surface area (Å²) in [5, 5.41) is 12.1. The van der Waals surface area contributed by atoms with Crippen molar-refractivity contribution in [3.8, 4) is 0 Å². The van der Waals surface area contributed by atoms with Crippen molar-refractivity contribution in [2.75, 3.05) is 7.11 Å². The standard InChI is InChI=1S/C23H35NO4.C2H4O2/c1-4-5-19(26)28-18-7-6-17-20(18,2)12-13-23(27)21(3)10-9-16(25)14-15(21)8-11-22(17,23)24;1-4-2-3/h14,17-18,27H,4-13,24H2,1-3H3;2H,1H3/t17-,18?,20?,21?,22?,23+;/m1./s1. The maximum atomic E-state index is 12.2. The third-order valence-electron chi connectivity index (χ3n) is 9.13. The van der Waals surface area contributed by atoms with Gasteiger partial charge in [0.25, 0.3) is 6.47 Å². The highest BCUT2D eigenvalue weighted by molar-refractivity contribution is 5.91. The Hall–Kier alpha value is -1.73. The molecule has 0 aromatic rings. The summed E-state index contributed by atoms with van der Waals surface area (Å²) in [7, 11) is 1.31. The van der Waals surface area contributed by atoms with Crippen LogP contribution in [0, 0.1) is 16.7 Å². The van der Waals surface area contributed by atoms with Gasteiger partial charge in [0.15, 0.2) is 5.78 Å². The number of carbonyl (C=O) groups is 3. The Kier molecular flexibility index (Phi) is 6.93. The van der Waals surface area contributed by atoms with Gasteiger partial charge in [0.05, 0.1) is 12.7 Å². The normalized spacial score (nSPS) is 42.3. The van der Waals surface area contributed by atoms with Crippen molar-refractivity contribution in [3.05, 3.63) is 11.6 Å². The Balaban J connectivity index is 0.000000668. The summed E-state index contributed by atoms with van der Waals surface area (Å²) in [6.45, 7) is 6.68. The molecule has 0 heterocycles. The van der Waals surface area contributed by atoms with E-state index in [0.29, 0.717) is 38.6 Å². The summed E-state index contributed by atoms with van der Waals surface area (Å²) < 4.78 is 9.76. The Morgan fingerprint density at radius 2 is 1.91 bits per heavy atom. The lowest BCUT2D eigenvalue weighted by molar-refractivity contribution is -0.212. The smallest absolute Gasteiger partial charge is 0.306 e. The highest BCUT2D eigenvalue weighted by Gasteiger charge is 2.72. The zero-order valence-corrected chi connectivity index (χ0v) is 19.9. The number of ether oxygens (including phenoxy) is 2. The number of carbonyl (C=O) groups excluding carboxylic acids is 3. The van der Waals surface area contributed by atoms with E-state index in [1.807, 2.05) is 6.92 Å². The second kappa shape index (κ2) is 8.90. The zero-order chi connectivity index (χ0) is 23.8. The third-order valence-corrected chi connectivity index (χ3v) is 9.13. The SMILES string of the molecule is CCCC(=O)OC1CC[C@@H]2C1(C)CC[C@]1(O)C3(C)CCC(=O)C=C3CCC21N.COC=O. The van der Waals surface area contributed by atoms with Crippen LogP contribution >= 0.6 is 0 Å². The first kappa shape index (κ1) is 24.9. The van der Waals surface area contributed by atoms with Gasteiger partial charge in [-0.25, -0.2) is 0 Å². The van der Waals surface area contributed by atoms with Crippen molar-refractivity contribution in [1.29, 1.82) is 0 Å². The minimum atomic E-state index is -1.02. The van der Waals surface area contributed by atoms with Crippen molar-refractivity contribution in [2.45, 2.75) is 102 Å². The summed E-state index contributed by atoms with van der Waals surface area (Å²) in [5.74, 6) is 0.173. The van der Waals surface area contributed by atoms with Crippen LogP contribution < -0.4 is 5.73 Å². The molecule has 0 aliphatic heterocycles. The highest BCUT2D eigenvalue weighted by Crippen LogP contribution is 2.68. The lowest BCUT2D eigenvalue weighted by atomic mass is 9.42. The first-order chi connectivity index (χ1) is 15.0. The molecule has 4 aliphatic carbocycles. The number of ketones is 1. The van der Waals surface area contributed by atoms with E-state index in [1.54, 1.807) is 6.08 Å². The predicted molar refractivity (Wildman–Crippen MR) is 119 cm³/mol. The van der Waals surface area contributed by atoms with Crippen molar-refractivity contribution in [2.24, 2.45) is 22.5 Å². The number of rotatable bonds is 4. The molecule has 4 unspecified atom stereocenters. The number of aliphatic hydroxyl groups is 1. The molecule has 7 nitrogen and oxygen atoms in total. The van der Waals surface area contributed by atoms with E-state index in [0.717, 1.165) is 37.7 Å². The van der Waals surface area contributed by atoms with Gasteiger partial charge in [-0.15, -0.1) is 0 Å². The van der Waals surface area contributed by atoms with Gasteiger partial charge in [-0.2, -0.15) is 0 Å². The highest BCUT2D eigenvalue weighted by atomic mass is 16.5. The van der Waals surface area contributed by atoms with Gasteiger partial charge in [0.1, 0.15) is 6.10 Å². The minimum Gasteiger partial charge on any atom is -0.471 e. The van der Waals surface area contributed by atoms with Crippen LogP contribution in [0.3, 0.4) is 0 Å². The Bertz CT molecular complexity index is 795. The van der Waals surface area contributed by atoms with Crippen LogP contribution in [0.2, 0.25) is 0 Å². The second-order valence-electron chi connectivity index (χ2n) is 10.6. The summed E-state index contributed by atoms with van der Waals surface area (Å²) in [5.41, 5.74) is 5.88. The van der Waals surface area contributed by atoms with E-state index in [-0.39, 0.29) is 29.2 Å². The molecule has 0 radical (unpaired) electrons. The molecule has 32 heavy (non-hydrogen) atoms. The van der Waals surface area contributed by atoms with Crippen LogP contribution in [0.4, 0.5) is 0 Å². The fraction of sp³-hybridized carbons (Fsp3) is 0.800. The van der Waals surface area contributed by atoms with E-state index < -0.39 is 16.6 Å². The van der Waals surface area contributed by atoms with Crippen molar-refractivity contribution in [1.82, 2.24) is 0 Å². The molecule has 0 saturated heterocycles. The van der Waals surface area contributed by atoms with Gasteiger partial charge in [0.2, 0.25) is 0 Å². The Morgan fingerprint density at radius 1 is 1.22 bits per heavy atom. The molecule has 0 amide bonds. The van der Waals surface area contributed by atoms with Crippen molar-refractivity contribution >= 4 is 18.2 Å². The number of nitrogens with two attached hydrogens (primary N) is 1. The first-order valence-electron chi connectivity index (χ1n) is 11.9. The molecule has 0 bridgehead atoms. The fourth-order valence-electron chi connectivity index (χ4n) is 7.26. The Morgan fingerprint density at radius 3 is 2.53 bits per heavy atom. The van der Waals surface area contributed by atoms with Crippen molar-refractivity contribution < 1.29 is 29.0 Å². The predicted octanol–water partition coefficient (Wildman–Crippen LogP) is 3.22. The maximum Gasteiger partial charge on any atom is 0.306 e. The fourth-order valence-corrected chi connectivity index (χ4v) is 7.26. The summed E-state index contributed by atoms with van der Waals surface area (Å²) in [6, 6.07) is 0. The van der Waals surface area contributed by atoms with Crippen LogP contribution in [0.1, 0.15) is 85.0 Å². The molecule has 7 heteroatoms. The number of methoxy groups -OCH3 is 1. The molecule has 0 aromatic carbocycles. The summed E-state index contributed by atoms with van der Waals surface area (Å²) in [6.07, 6.45) is 8.63. The van der Waals surface area contributed by atoms with Gasteiger partial charge in [-0.05, 0) is 63.4 Å². The molecular formula is C25H39NO6. The van der Waals surface area contributed by atoms with Crippen LogP contribution in [0.5, 0.6) is 0 Å². The number of esters is 1. The molecule has 3 N–H and O–H groups in total. The summed E-state index contributed by atoms with van der Waals surface area (Å²) in [4.78, 5) is 33.1. The van der Waals surface area contributed by atoms with Gasteiger partial charge >= 0.3 is 5.97 Å². The topological polar surface area (TPSA) is 116 Å². The van der Waals surface area contributed by atoms with E-state index in [1.165, 1.54) is 7.11 Å². The lowest BCUT2D eigenvalue weighted by Crippen LogP contribution is -2.77. The largest absolute Gasteiger partial charge is 0.471 e. The van der Waals surface area contributed by atoms with Crippen LogP contribution in [0.25, 0.3) is 0 Å². The average Bonchev–Trinajstić information content (AvgIpc) is 3.08. The molecule has 4 aliphatic rings. The molecule has 3 fully saturated rings. The Labute approximate surface area is 191 Å². The molecular weight excluding hydrogens is 410 g/mol. The summed E-state index contributed by atoms with van der Waals surface area (Å²) >= 11 is 0. The van der Waals surface area contributed by atoms with E-state index in [4.69, 9.17) is 15.3 Å². The number of hydrogen-bond acceptors (Lipinski definition) is 7. The molecule has 0 spiro atoms. The van der Waals surface area contributed by atoms with Crippen LogP contribution in [0.15, 0.2) is 11.6 Å². The quantitative estimate of drug-likeness (QED) is 0.500. The second-order valence-corrected chi connectivity index (χ2v) is 10.6. The molecule has 4 rings (SSSR count). The van der Waals surface area contributed by atoms with Gasteiger partial charge in [-0.3, -0.25) is 14.4 Å². The van der Waals surface area contributed by atoms with E-state index in [9.17, 15) is 14.7 Å². The van der Waals surface area contributed by atoms with Gasteiger partial charge in [0, 0.05) is 29.2 Å². The molecule has 6 atom stereocenters. The number of hydrogen-bond donors (Lipinski definition) is 2. The van der Waals surface area contributed by atoms with Crippen molar-refractivity contribution in [3.63, 3.8) is 0 Å². The average molecular weight is 450 g/mol. The first-order valence-corrected chi connectivity index (χ1v) is 11.9. The zero-order valence-electron chi connectivity index (χ0n) is 19.9. The lowest BCUT2D eigenvalue weighted by Gasteiger charge is -2.67. The van der Waals surface area contributed by atoms with Crippen LogP contribution in [-0.2, 0) is 23.9 Å². The molecule has 180 valence electrons. The van der Waals surface area contributed by atoms with E-state index in [2.05, 4.69) is 18.6 Å². The minimum absolute atomic E-state index is 0.112. The van der Waals surface area contributed by atoms with Gasteiger partial charge in [-0.1, -0.05) is 26.3 Å². The van der Waals surface area contributed by atoms with Crippen LogP contribution in [-0.4, -0.2) is 47.7 Å². The van der Waals surface area contributed by atoms with E-state index >= 15 is 0 Å². The monoisotopic (exact) mass is 449 g/mol. The molecule has 0 aromatic heterocycles. The number of fused-ring (bicyclic) bond motifs is 5. The maximum absolute atomic E-state index is 12.2. The molecule has 3 saturated carbocycles. The third kappa shape index (κ3) is 3.61.